The standard InChI is InChI=1S/C10H18N2O/c1-3-5-10(13)12-7-4-6-9(11)8(12)2/h3,8-9H,1,4-7,11H2,2H3. The average molecular weight is 182 g/mol. The van der Waals surface area contributed by atoms with Crippen molar-refractivity contribution >= 4 is 5.91 Å². The fourth-order valence-electron chi connectivity index (χ4n) is 1.77. The molecule has 1 amide bonds. The molecule has 1 aliphatic heterocycles. The van der Waals surface area contributed by atoms with Crippen LogP contribution in [0.25, 0.3) is 0 Å². The van der Waals surface area contributed by atoms with Gasteiger partial charge in [0.15, 0.2) is 0 Å². The van der Waals surface area contributed by atoms with Crippen LogP contribution in [0.5, 0.6) is 0 Å². The molecule has 0 saturated carbocycles. The maximum absolute atomic E-state index is 11.6. The monoisotopic (exact) mass is 182 g/mol. The Labute approximate surface area is 79.6 Å². The van der Waals surface area contributed by atoms with Gasteiger partial charge in [-0.3, -0.25) is 4.79 Å². The molecule has 2 unspecified atom stereocenters. The molecule has 2 atom stereocenters. The summed E-state index contributed by atoms with van der Waals surface area (Å²) >= 11 is 0. The quantitative estimate of drug-likeness (QED) is 0.645. The average Bonchev–Trinajstić information content (AvgIpc) is 2.10. The van der Waals surface area contributed by atoms with E-state index in [0.717, 1.165) is 19.4 Å². The van der Waals surface area contributed by atoms with Crippen molar-refractivity contribution in [2.24, 2.45) is 5.73 Å². The normalized spacial score (nSPS) is 28.6. The molecule has 0 spiro atoms. The number of likely N-dealkylation sites (tertiary alicyclic amines) is 1. The summed E-state index contributed by atoms with van der Waals surface area (Å²) < 4.78 is 0. The second-order valence-corrected chi connectivity index (χ2v) is 3.63. The molecule has 13 heavy (non-hydrogen) atoms. The van der Waals surface area contributed by atoms with E-state index >= 15 is 0 Å². The van der Waals surface area contributed by atoms with E-state index in [2.05, 4.69) is 6.58 Å². The number of carbonyl (C=O) groups excluding carboxylic acids is 1. The molecule has 1 rings (SSSR count). The van der Waals surface area contributed by atoms with E-state index in [0.29, 0.717) is 6.42 Å². The summed E-state index contributed by atoms with van der Waals surface area (Å²) in [6, 6.07) is 0.323. The van der Waals surface area contributed by atoms with Crippen molar-refractivity contribution in [1.82, 2.24) is 4.90 Å². The fraction of sp³-hybridized carbons (Fsp3) is 0.700. The number of hydrogen-bond donors (Lipinski definition) is 1. The van der Waals surface area contributed by atoms with Gasteiger partial charge >= 0.3 is 0 Å². The molecular formula is C10H18N2O. The third-order valence-corrected chi connectivity index (χ3v) is 2.69. The predicted octanol–water partition coefficient (Wildman–Crippen LogP) is 0.901. The first kappa shape index (κ1) is 10.3. The lowest BCUT2D eigenvalue weighted by molar-refractivity contribution is -0.133. The van der Waals surface area contributed by atoms with Gasteiger partial charge in [0.2, 0.25) is 5.91 Å². The molecule has 1 saturated heterocycles. The molecule has 0 bridgehead atoms. The van der Waals surface area contributed by atoms with Crippen LogP contribution >= 0.6 is 0 Å². The van der Waals surface area contributed by atoms with E-state index in [1.54, 1.807) is 6.08 Å². The van der Waals surface area contributed by atoms with E-state index in [9.17, 15) is 4.79 Å². The molecule has 1 fully saturated rings. The molecule has 1 heterocycles. The summed E-state index contributed by atoms with van der Waals surface area (Å²) in [5.74, 6) is 0.151. The van der Waals surface area contributed by atoms with Crippen molar-refractivity contribution in [3.05, 3.63) is 12.7 Å². The number of amides is 1. The first-order valence-corrected chi connectivity index (χ1v) is 4.82. The predicted molar refractivity (Wildman–Crippen MR) is 53.2 cm³/mol. The SMILES string of the molecule is C=CCC(=O)N1CCCC(N)C1C. The maximum atomic E-state index is 11.6. The van der Waals surface area contributed by atoms with Gasteiger partial charge in [0, 0.05) is 25.0 Å². The molecule has 1 aliphatic rings. The van der Waals surface area contributed by atoms with Gasteiger partial charge in [-0.2, -0.15) is 0 Å². The Morgan fingerprint density at radius 1 is 1.77 bits per heavy atom. The van der Waals surface area contributed by atoms with Crippen molar-refractivity contribution in [2.45, 2.75) is 38.3 Å². The topological polar surface area (TPSA) is 46.3 Å². The second-order valence-electron chi connectivity index (χ2n) is 3.63. The number of piperidine rings is 1. The summed E-state index contributed by atoms with van der Waals surface area (Å²) in [5, 5.41) is 0. The Balaban J connectivity index is 2.56. The van der Waals surface area contributed by atoms with Crippen LogP contribution in [0.3, 0.4) is 0 Å². The van der Waals surface area contributed by atoms with Crippen LogP contribution in [0.4, 0.5) is 0 Å². The lowest BCUT2D eigenvalue weighted by atomic mass is 9.98. The van der Waals surface area contributed by atoms with E-state index < -0.39 is 0 Å². The fourth-order valence-corrected chi connectivity index (χ4v) is 1.77. The Morgan fingerprint density at radius 3 is 3.08 bits per heavy atom. The summed E-state index contributed by atoms with van der Waals surface area (Å²) in [6.45, 7) is 6.43. The van der Waals surface area contributed by atoms with Gasteiger partial charge in [0.05, 0.1) is 0 Å². The van der Waals surface area contributed by atoms with E-state index in [1.807, 2.05) is 11.8 Å². The van der Waals surface area contributed by atoms with Crippen LogP contribution in [0.15, 0.2) is 12.7 Å². The molecule has 2 N–H and O–H groups in total. The zero-order valence-corrected chi connectivity index (χ0v) is 8.20. The summed E-state index contributed by atoms with van der Waals surface area (Å²) in [6.07, 6.45) is 4.12. The summed E-state index contributed by atoms with van der Waals surface area (Å²) in [4.78, 5) is 13.4. The molecule has 0 aromatic carbocycles. The molecule has 74 valence electrons. The van der Waals surface area contributed by atoms with Crippen LogP contribution in [0.1, 0.15) is 26.2 Å². The number of rotatable bonds is 2. The molecule has 0 aromatic rings. The summed E-state index contributed by atoms with van der Waals surface area (Å²) in [7, 11) is 0. The van der Waals surface area contributed by atoms with Crippen LogP contribution in [-0.2, 0) is 4.79 Å². The van der Waals surface area contributed by atoms with Gasteiger partial charge in [-0.05, 0) is 19.8 Å². The van der Waals surface area contributed by atoms with Crippen LogP contribution in [-0.4, -0.2) is 29.4 Å². The van der Waals surface area contributed by atoms with Crippen molar-refractivity contribution in [2.75, 3.05) is 6.54 Å². The van der Waals surface area contributed by atoms with Crippen LogP contribution in [0.2, 0.25) is 0 Å². The number of carbonyl (C=O) groups is 1. The van der Waals surface area contributed by atoms with Gasteiger partial charge in [-0.1, -0.05) is 6.08 Å². The smallest absolute Gasteiger partial charge is 0.226 e. The Kier molecular flexibility index (Phi) is 3.48. The molecule has 3 nitrogen and oxygen atoms in total. The molecule has 0 aliphatic carbocycles. The van der Waals surface area contributed by atoms with Crippen LogP contribution in [0, 0.1) is 0 Å². The third-order valence-electron chi connectivity index (χ3n) is 2.69. The first-order valence-electron chi connectivity index (χ1n) is 4.82. The third kappa shape index (κ3) is 2.31. The second kappa shape index (κ2) is 4.42. The van der Waals surface area contributed by atoms with Gasteiger partial charge < -0.3 is 10.6 Å². The lowest BCUT2D eigenvalue weighted by Crippen LogP contribution is -2.52. The highest BCUT2D eigenvalue weighted by atomic mass is 16.2. The number of nitrogens with two attached hydrogens (primary N) is 1. The zero-order chi connectivity index (χ0) is 9.84. The Bertz CT molecular complexity index is 203. The van der Waals surface area contributed by atoms with Gasteiger partial charge in [-0.15, -0.1) is 6.58 Å². The Hall–Kier alpha value is -0.830. The summed E-state index contributed by atoms with van der Waals surface area (Å²) in [5.41, 5.74) is 5.88. The first-order chi connectivity index (χ1) is 6.16. The van der Waals surface area contributed by atoms with Gasteiger partial charge in [0.1, 0.15) is 0 Å². The van der Waals surface area contributed by atoms with Crippen LogP contribution < -0.4 is 5.73 Å². The highest BCUT2D eigenvalue weighted by Gasteiger charge is 2.27. The van der Waals surface area contributed by atoms with Gasteiger partial charge in [-0.25, -0.2) is 0 Å². The highest BCUT2D eigenvalue weighted by Crippen LogP contribution is 2.16. The molecule has 0 radical (unpaired) electrons. The van der Waals surface area contributed by atoms with E-state index in [-0.39, 0.29) is 18.0 Å². The minimum absolute atomic E-state index is 0.141. The molecule has 3 heteroatoms. The lowest BCUT2D eigenvalue weighted by Gasteiger charge is -2.37. The minimum Gasteiger partial charge on any atom is -0.338 e. The Morgan fingerprint density at radius 2 is 2.46 bits per heavy atom. The number of nitrogens with zero attached hydrogens (tertiary/aromatic N) is 1. The van der Waals surface area contributed by atoms with Crippen molar-refractivity contribution < 1.29 is 4.79 Å². The van der Waals surface area contributed by atoms with E-state index in [1.165, 1.54) is 0 Å². The highest BCUT2D eigenvalue weighted by molar-refractivity contribution is 5.78. The van der Waals surface area contributed by atoms with E-state index in [4.69, 9.17) is 5.73 Å². The van der Waals surface area contributed by atoms with Gasteiger partial charge in [0.25, 0.3) is 0 Å². The minimum atomic E-state index is 0.141. The molecular weight excluding hydrogens is 164 g/mol. The van der Waals surface area contributed by atoms with Crippen molar-refractivity contribution in [1.29, 1.82) is 0 Å². The van der Waals surface area contributed by atoms with Crippen molar-refractivity contribution in [3.8, 4) is 0 Å². The maximum Gasteiger partial charge on any atom is 0.226 e. The zero-order valence-electron chi connectivity index (χ0n) is 8.20. The molecule has 0 aromatic heterocycles. The largest absolute Gasteiger partial charge is 0.338 e. The van der Waals surface area contributed by atoms with Crippen molar-refractivity contribution in [3.63, 3.8) is 0 Å². The number of hydrogen-bond acceptors (Lipinski definition) is 2.